The predicted molar refractivity (Wildman–Crippen MR) is 87.8 cm³/mol. The number of nitrogens with zero attached hydrogens (tertiary/aromatic N) is 1. The molecule has 0 saturated carbocycles. The van der Waals surface area contributed by atoms with Crippen LogP contribution < -0.4 is 15.2 Å². The molecule has 0 aromatic heterocycles. The highest BCUT2D eigenvalue weighted by molar-refractivity contribution is 9.10. The van der Waals surface area contributed by atoms with Gasteiger partial charge < -0.3 is 15.2 Å². The largest absolute Gasteiger partial charge is 0.493 e. The molecule has 2 atom stereocenters. The van der Waals surface area contributed by atoms with Crippen molar-refractivity contribution in [1.29, 1.82) is 0 Å². The monoisotopic (exact) mass is 392 g/mol. The molecule has 2 rings (SSSR count). The zero-order valence-corrected chi connectivity index (χ0v) is 15.3. The number of ether oxygens (including phenoxy) is 2. The van der Waals surface area contributed by atoms with Crippen LogP contribution in [0, 0.1) is 5.92 Å². The Morgan fingerprint density at radius 3 is 2.41 bits per heavy atom. The zero-order chi connectivity index (χ0) is 16.5. The Morgan fingerprint density at radius 2 is 1.91 bits per heavy atom. The van der Waals surface area contributed by atoms with Crippen molar-refractivity contribution in [2.45, 2.75) is 24.3 Å². The summed E-state index contributed by atoms with van der Waals surface area (Å²) in [4.78, 5) is 0.176. The van der Waals surface area contributed by atoms with Crippen molar-refractivity contribution >= 4 is 26.0 Å². The molecule has 0 spiro atoms. The average Bonchev–Trinajstić information content (AvgIpc) is 2.97. The minimum absolute atomic E-state index is 0.0194. The van der Waals surface area contributed by atoms with Crippen LogP contribution in [-0.2, 0) is 10.0 Å². The first-order chi connectivity index (χ1) is 10.3. The maximum Gasteiger partial charge on any atom is 0.244 e. The molecule has 0 amide bonds. The van der Waals surface area contributed by atoms with E-state index in [1.54, 1.807) is 6.07 Å². The predicted octanol–water partition coefficient (Wildman–Crippen LogP) is 1.82. The van der Waals surface area contributed by atoms with Crippen molar-refractivity contribution in [1.82, 2.24) is 4.31 Å². The molecular formula is C14H21BrN2O4S. The molecular weight excluding hydrogens is 372 g/mol. The van der Waals surface area contributed by atoms with Gasteiger partial charge in [0.25, 0.3) is 0 Å². The van der Waals surface area contributed by atoms with E-state index < -0.39 is 10.0 Å². The molecule has 124 valence electrons. The Kier molecular flexibility index (Phi) is 5.37. The Bertz CT molecular complexity index is 648. The third kappa shape index (κ3) is 3.24. The van der Waals surface area contributed by atoms with Gasteiger partial charge in [-0.1, -0.05) is 0 Å². The van der Waals surface area contributed by atoms with Gasteiger partial charge in [-0.15, -0.1) is 0 Å². The van der Waals surface area contributed by atoms with E-state index >= 15 is 0 Å². The first-order valence-electron chi connectivity index (χ1n) is 6.98. The molecule has 6 nitrogen and oxygen atoms in total. The van der Waals surface area contributed by atoms with E-state index in [0.717, 1.165) is 6.42 Å². The van der Waals surface area contributed by atoms with Crippen LogP contribution in [0.4, 0.5) is 0 Å². The fraction of sp³-hybridized carbons (Fsp3) is 0.571. The van der Waals surface area contributed by atoms with Crippen molar-refractivity contribution < 1.29 is 17.9 Å². The van der Waals surface area contributed by atoms with Crippen molar-refractivity contribution in [3.05, 3.63) is 16.6 Å². The summed E-state index contributed by atoms with van der Waals surface area (Å²) in [7, 11) is -0.616. The van der Waals surface area contributed by atoms with Gasteiger partial charge in [0.2, 0.25) is 10.0 Å². The highest BCUT2D eigenvalue weighted by atomic mass is 79.9. The van der Waals surface area contributed by atoms with E-state index in [1.807, 2.05) is 6.92 Å². The number of halogens is 1. The lowest BCUT2D eigenvalue weighted by Crippen LogP contribution is -2.33. The van der Waals surface area contributed by atoms with Gasteiger partial charge in [-0.05, 0) is 41.3 Å². The topological polar surface area (TPSA) is 81.9 Å². The summed E-state index contributed by atoms with van der Waals surface area (Å²) >= 11 is 3.31. The molecule has 2 N–H and O–H groups in total. The van der Waals surface area contributed by atoms with Gasteiger partial charge in [-0.2, -0.15) is 4.31 Å². The number of benzene rings is 1. The smallest absolute Gasteiger partial charge is 0.244 e. The van der Waals surface area contributed by atoms with Crippen LogP contribution in [0.5, 0.6) is 11.5 Å². The molecule has 0 radical (unpaired) electrons. The van der Waals surface area contributed by atoms with Gasteiger partial charge in [-0.25, -0.2) is 8.42 Å². The molecule has 1 aromatic carbocycles. The van der Waals surface area contributed by atoms with Crippen molar-refractivity contribution in [2.24, 2.45) is 11.7 Å². The van der Waals surface area contributed by atoms with Crippen LogP contribution in [0.1, 0.15) is 13.3 Å². The first-order valence-corrected chi connectivity index (χ1v) is 9.21. The summed E-state index contributed by atoms with van der Waals surface area (Å²) in [6, 6.07) is 3.07. The van der Waals surface area contributed by atoms with Gasteiger partial charge in [-0.3, -0.25) is 0 Å². The zero-order valence-electron chi connectivity index (χ0n) is 12.9. The van der Waals surface area contributed by atoms with Crippen LogP contribution >= 0.6 is 15.9 Å². The summed E-state index contributed by atoms with van der Waals surface area (Å²) < 4.78 is 38.0. The van der Waals surface area contributed by atoms with Crippen molar-refractivity contribution in [3.63, 3.8) is 0 Å². The molecule has 2 unspecified atom stereocenters. The maximum atomic E-state index is 12.8. The standard InChI is InChI=1S/C14H21BrN2O4S/c1-9(16)10-4-5-17(8-10)22(18,19)14-7-13(21-3)12(20-2)6-11(14)15/h6-7,9-10H,4-5,8,16H2,1-3H3. The first kappa shape index (κ1) is 17.5. The Balaban J connectivity index is 2.38. The van der Waals surface area contributed by atoms with E-state index in [9.17, 15) is 8.42 Å². The SMILES string of the molecule is COc1cc(Br)c(S(=O)(=O)N2CCC(C(C)N)C2)cc1OC. The molecule has 1 saturated heterocycles. The van der Waals surface area contributed by atoms with Gasteiger partial charge in [0, 0.05) is 29.7 Å². The van der Waals surface area contributed by atoms with Gasteiger partial charge >= 0.3 is 0 Å². The molecule has 1 aromatic rings. The summed E-state index contributed by atoms with van der Waals surface area (Å²) in [5.74, 6) is 1.05. The van der Waals surface area contributed by atoms with Crippen LogP contribution in [0.25, 0.3) is 0 Å². The number of hydrogen-bond donors (Lipinski definition) is 1. The lowest BCUT2D eigenvalue weighted by molar-refractivity contribution is 0.353. The van der Waals surface area contributed by atoms with Crippen molar-refractivity contribution in [2.75, 3.05) is 27.3 Å². The van der Waals surface area contributed by atoms with Crippen molar-refractivity contribution in [3.8, 4) is 11.5 Å². The lowest BCUT2D eigenvalue weighted by Gasteiger charge is -2.20. The van der Waals surface area contributed by atoms with Gasteiger partial charge in [0.15, 0.2) is 11.5 Å². The Morgan fingerprint density at radius 1 is 1.32 bits per heavy atom. The average molecular weight is 393 g/mol. The number of hydrogen-bond acceptors (Lipinski definition) is 5. The summed E-state index contributed by atoms with van der Waals surface area (Å²) in [6.45, 7) is 2.84. The number of methoxy groups -OCH3 is 2. The fourth-order valence-electron chi connectivity index (χ4n) is 2.57. The second-order valence-corrected chi connectivity index (χ2v) is 8.17. The number of sulfonamides is 1. The fourth-order valence-corrected chi connectivity index (χ4v) is 5.08. The van der Waals surface area contributed by atoms with E-state index in [2.05, 4.69) is 15.9 Å². The molecule has 1 aliphatic heterocycles. The van der Waals surface area contributed by atoms with E-state index in [1.165, 1.54) is 24.6 Å². The maximum absolute atomic E-state index is 12.8. The van der Waals surface area contributed by atoms with E-state index in [-0.39, 0.29) is 16.9 Å². The summed E-state index contributed by atoms with van der Waals surface area (Å²) in [5, 5.41) is 0. The number of nitrogens with two attached hydrogens (primary N) is 1. The normalized spacial score (nSPS) is 20.9. The molecule has 0 aliphatic carbocycles. The molecule has 1 fully saturated rings. The third-order valence-corrected chi connectivity index (χ3v) is 6.81. The van der Waals surface area contributed by atoms with E-state index in [4.69, 9.17) is 15.2 Å². The minimum atomic E-state index is -3.60. The molecule has 0 bridgehead atoms. The Labute approximate surface area is 139 Å². The number of rotatable bonds is 5. The second-order valence-electron chi connectivity index (χ2n) is 5.41. The second kappa shape index (κ2) is 6.74. The lowest BCUT2D eigenvalue weighted by atomic mass is 10.0. The minimum Gasteiger partial charge on any atom is -0.493 e. The molecule has 8 heteroatoms. The van der Waals surface area contributed by atoms with Crippen LogP contribution in [0.3, 0.4) is 0 Å². The van der Waals surface area contributed by atoms with E-state index in [0.29, 0.717) is 29.1 Å². The quantitative estimate of drug-likeness (QED) is 0.826. The van der Waals surface area contributed by atoms with Crippen LogP contribution in [-0.4, -0.2) is 46.1 Å². The van der Waals surface area contributed by atoms with Crippen LogP contribution in [0.15, 0.2) is 21.5 Å². The van der Waals surface area contributed by atoms with Gasteiger partial charge in [0.05, 0.1) is 14.2 Å². The molecule has 1 heterocycles. The molecule has 1 aliphatic rings. The molecule has 22 heavy (non-hydrogen) atoms. The third-order valence-electron chi connectivity index (χ3n) is 3.99. The van der Waals surface area contributed by atoms with Crippen LogP contribution in [0.2, 0.25) is 0 Å². The summed E-state index contributed by atoms with van der Waals surface area (Å²) in [5.41, 5.74) is 5.89. The highest BCUT2D eigenvalue weighted by Gasteiger charge is 2.35. The van der Waals surface area contributed by atoms with Gasteiger partial charge in [0.1, 0.15) is 4.90 Å². The highest BCUT2D eigenvalue weighted by Crippen LogP contribution is 2.37. The Hall–Kier alpha value is -0.830. The summed E-state index contributed by atoms with van der Waals surface area (Å²) in [6.07, 6.45) is 0.780.